The first-order valence-electron chi connectivity index (χ1n) is 7.43. The van der Waals surface area contributed by atoms with Crippen molar-refractivity contribution in [3.05, 3.63) is 34.6 Å². The molecule has 1 atom stereocenters. The fraction of sp³-hybridized carbons (Fsp3) is 0.625. The van der Waals surface area contributed by atoms with Crippen LogP contribution in [0.3, 0.4) is 0 Å². The fourth-order valence-electron chi connectivity index (χ4n) is 2.99. The van der Waals surface area contributed by atoms with Crippen LogP contribution in [0, 0.1) is 11.2 Å². The molecule has 2 aliphatic rings. The molecule has 4 heteroatoms. The first-order valence-corrected chi connectivity index (χ1v) is 7.80. The van der Waals surface area contributed by atoms with Crippen LogP contribution < -0.4 is 5.32 Å². The van der Waals surface area contributed by atoms with Crippen molar-refractivity contribution in [2.24, 2.45) is 5.41 Å². The van der Waals surface area contributed by atoms with E-state index < -0.39 is 0 Å². The Kier molecular flexibility index (Phi) is 4.29. The maximum Gasteiger partial charge on any atom is 0.144 e. The lowest BCUT2D eigenvalue weighted by atomic mass is 9.77. The zero-order chi connectivity index (χ0) is 14.0. The summed E-state index contributed by atoms with van der Waals surface area (Å²) in [5, 5.41) is 3.80. The first-order chi connectivity index (χ1) is 9.69. The second-order valence-corrected chi connectivity index (χ2v) is 6.61. The number of hydrogen-bond donors (Lipinski definition) is 1. The number of halogens is 2. The maximum atomic E-state index is 14.1. The van der Waals surface area contributed by atoms with Crippen molar-refractivity contribution in [1.29, 1.82) is 0 Å². The SMILES string of the molecule is Fc1c(Cl)cccc1CC1(CNC2CC2)CCCOC1. The van der Waals surface area contributed by atoms with E-state index in [9.17, 15) is 4.39 Å². The molecule has 110 valence electrons. The predicted molar refractivity (Wildman–Crippen MR) is 78.6 cm³/mol. The van der Waals surface area contributed by atoms with Gasteiger partial charge in [-0.25, -0.2) is 4.39 Å². The molecule has 0 radical (unpaired) electrons. The van der Waals surface area contributed by atoms with E-state index in [2.05, 4.69) is 5.32 Å². The largest absolute Gasteiger partial charge is 0.381 e. The van der Waals surface area contributed by atoms with Crippen LogP contribution in [-0.4, -0.2) is 25.8 Å². The van der Waals surface area contributed by atoms with Crippen molar-refractivity contribution in [2.45, 2.75) is 38.1 Å². The maximum absolute atomic E-state index is 14.1. The zero-order valence-electron chi connectivity index (χ0n) is 11.6. The van der Waals surface area contributed by atoms with E-state index >= 15 is 0 Å². The highest BCUT2D eigenvalue weighted by atomic mass is 35.5. The molecule has 3 rings (SSSR count). The molecule has 0 amide bonds. The second kappa shape index (κ2) is 6.00. The molecule has 0 spiro atoms. The monoisotopic (exact) mass is 297 g/mol. The van der Waals surface area contributed by atoms with Crippen molar-refractivity contribution < 1.29 is 9.13 Å². The molecule has 0 bridgehead atoms. The Bertz CT molecular complexity index is 470. The molecular formula is C16H21ClFNO. The lowest BCUT2D eigenvalue weighted by Gasteiger charge is -2.37. The first kappa shape index (κ1) is 14.3. The summed E-state index contributed by atoms with van der Waals surface area (Å²) in [5.74, 6) is -0.273. The predicted octanol–water partition coefficient (Wildman–Crippen LogP) is 3.57. The molecule has 1 aliphatic heterocycles. The van der Waals surface area contributed by atoms with Crippen LogP contribution >= 0.6 is 11.6 Å². The molecule has 2 fully saturated rings. The third kappa shape index (κ3) is 3.33. The lowest BCUT2D eigenvalue weighted by molar-refractivity contribution is -0.00772. The molecule has 1 heterocycles. The molecule has 1 saturated carbocycles. The summed E-state index contributed by atoms with van der Waals surface area (Å²) in [6.07, 6.45) is 5.36. The van der Waals surface area contributed by atoms with E-state index in [1.165, 1.54) is 12.8 Å². The number of rotatable bonds is 5. The summed E-state index contributed by atoms with van der Waals surface area (Å²) in [5.41, 5.74) is 0.715. The van der Waals surface area contributed by atoms with Crippen LogP contribution in [-0.2, 0) is 11.2 Å². The molecule has 0 aromatic heterocycles. The van der Waals surface area contributed by atoms with Crippen molar-refractivity contribution in [2.75, 3.05) is 19.8 Å². The van der Waals surface area contributed by atoms with Crippen LogP contribution in [0.4, 0.5) is 4.39 Å². The highest BCUT2D eigenvalue weighted by molar-refractivity contribution is 6.30. The van der Waals surface area contributed by atoms with Gasteiger partial charge < -0.3 is 10.1 Å². The van der Waals surface area contributed by atoms with Gasteiger partial charge in [-0.15, -0.1) is 0 Å². The summed E-state index contributed by atoms with van der Waals surface area (Å²) >= 11 is 5.89. The summed E-state index contributed by atoms with van der Waals surface area (Å²) in [6, 6.07) is 5.94. The minimum atomic E-state index is -0.273. The van der Waals surface area contributed by atoms with Gasteiger partial charge in [0.15, 0.2) is 0 Å². The van der Waals surface area contributed by atoms with E-state index in [0.717, 1.165) is 26.0 Å². The molecule has 20 heavy (non-hydrogen) atoms. The highest BCUT2D eigenvalue weighted by Crippen LogP contribution is 2.35. The number of benzene rings is 1. The van der Waals surface area contributed by atoms with Crippen LogP contribution in [0.25, 0.3) is 0 Å². The normalized spacial score (nSPS) is 26.7. The van der Waals surface area contributed by atoms with Crippen LogP contribution in [0.1, 0.15) is 31.2 Å². The minimum absolute atomic E-state index is 0.00631. The molecule has 1 saturated heterocycles. The minimum Gasteiger partial charge on any atom is -0.381 e. The van der Waals surface area contributed by atoms with Crippen molar-refractivity contribution in [3.63, 3.8) is 0 Å². The van der Waals surface area contributed by atoms with Crippen LogP contribution in [0.2, 0.25) is 5.02 Å². The molecule has 1 aliphatic carbocycles. The Morgan fingerprint density at radius 3 is 2.95 bits per heavy atom. The van der Waals surface area contributed by atoms with Gasteiger partial charge in [-0.3, -0.25) is 0 Å². The molecule has 1 N–H and O–H groups in total. The van der Waals surface area contributed by atoms with Gasteiger partial charge in [0.05, 0.1) is 11.6 Å². The molecule has 1 aromatic rings. The van der Waals surface area contributed by atoms with Gasteiger partial charge in [-0.2, -0.15) is 0 Å². The average molecular weight is 298 g/mol. The summed E-state index contributed by atoms with van der Waals surface area (Å²) in [4.78, 5) is 0. The summed E-state index contributed by atoms with van der Waals surface area (Å²) in [7, 11) is 0. The van der Waals surface area contributed by atoms with Crippen molar-refractivity contribution in [3.8, 4) is 0 Å². The van der Waals surface area contributed by atoms with E-state index in [0.29, 0.717) is 24.6 Å². The smallest absolute Gasteiger partial charge is 0.144 e. The van der Waals surface area contributed by atoms with Crippen LogP contribution in [0.15, 0.2) is 18.2 Å². The van der Waals surface area contributed by atoms with Gasteiger partial charge in [0, 0.05) is 24.6 Å². The van der Waals surface area contributed by atoms with Gasteiger partial charge in [0.2, 0.25) is 0 Å². The van der Waals surface area contributed by atoms with Crippen molar-refractivity contribution >= 4 is 11.6 Å². The van der Waals surface area contributed by atoms with Gasteiger partial charge in [-0.1, -0.05) is 23.7 Å². The van der Waals surface area contributed by atoms with Crippen molar-refractivity contribution in [1.82, 2.24) is 5.32 Å². The van der Waals surface area contributed by atoms with Gasteiger partial charge in [0.1, 0.15) is 5.82 Å². The summed E-state index contributed by atoms with van der Waals surface area (Å²) < 4.78 is 19.8. The Morgan fingerprint density at radius 1 is 1.40 bits per heavy atom. The number of hydrogen-bond acceptors (Lipinski definition) is 2. The number of nitrogens with one attached hydrogen (secondary N) is 1. The topological polar surface area (TPSA) is 21.3 Å². The second-order valence-electron chi connectivity index (χ2n) is 6.20. The molecule has 1 unspecified atom stereocenters. The van der Waals surface area contributed by atoms with Gasteiger partial charge in [0.25, 0.3) is 0 Å². The van der Waals surface area contributed by atoms with Gasteiger partial charge >= 0.3 is 0 Å². The van der Waals surface area contributed by atoms with E-state index in [1.54, 1.807) is 6.07 Å². The third-order valence-corrected chi connectivity index (χ3v) is 4.64. The highest BCUT2D eigenvalue weighted by Gasteiger charge is 2.35. The van der Waals surface area contributed by atoms with Gasteiger partial charge in [-0.05, 0) is 43.7 Å². The standard InChI is InChI=1S/C16H21ClFNO/c17-14-4-1-3-12(15(14)18)9-16(7-2-8-20-11-16)10-19-13-5-6-13/h1,3-4,13,19H,2,5-11H2. The Balaban J connectivity index is 1.75. The third-order valence-electron chi connectivity index (χ3n) is 4.34. The molecule has 1 aromatic carbocycles. The Hall–Kier alpha value is -0.640. The Morgan fingerprint density at radius 2 is 2.25 bits per heavy atom. The zero-order valence-corrected chi connectivity index (χ0v) is 12.4. The lowest BCUT2D eigenvalue weighted by Crippen LogP contribution is -2.43. The van der Waals surface area contributed by atoms with E-state index in [4.69, 9.17) is 16.3 Å². The van der Waals surface area contributed by atoms with E-state index in [-0.39, 0.29) is 16.3 Å². The van der Waals surface area contributed by atoms with Crippen LogP contribution in [0.5, 0.6) is 0 Å². The Labute approximate surface area is 124 Å². The number of ether oxygens (including phenoxy) is 1. The summed E-state index contributed by atoms with van der Waals surface area (Å²) in [6.45, 7) is 2.44. The average Bonchev–Trinajstić information content (AvgIpc) is 3.27. The molecular weight excluding hydrogens is 277 g/mol. The molecule has 2 nitrogen and oxygen atoms in total. The van der Waals surface area contributed by atoms with E-state index in [1.807, 2.05) is 12.1 Å². The quantitative estimate of drug-likeness (QED) is 0.897. The fourth-order valence-corrected chi connectivity index (χ4v) is 3.18.